The maximum absolute atomic E-state index is 5.85. The molecule has 3 rings (SSSR count). The summed E-state index contributed by atoms with van der Waals surface area (Å²) in [5, 5.41) is 0. The Morgan fingerprint density at radius 1 is 1.24 bits per heavy atom. The molecule has 1 aromatic heterocycles. The molecule has 0 saturated heterocycles. The highest BCUT2D eigenvalue weighted by molar-refractivity contribution is 6.17. The molecule has 3 heteroatoms. The topological polar surface area (TPSA) is 28.7 Å². The Morgan fingerprint density at radius 2 is 2.06 bits per heavy atom. The molecule has 0 bridgehead atoms. The van der Waals surface area contributed by atoms with Crippen LogP contribution in [0.15, 0.2) is 18.2 Å². The van der Waals surface area contributed by atoms with Gasteiger partial charge in [0.25, 0.3) is 0 Å². The number of alkyl halides is 1. The average Bonchev–Trinajstić information content (AvgIpc) is 2.82. The number of H-pyrrole nitrogens is 1. The van der Waals surface area contributed by atoms with E-state index in [9.17, 15) is 0 Å². The molecule has 1 aromatic carbocycles. The lowest BCUT2D eigenvalue weighted by Gasteiger charge is -2.18. The molecule has 0 atom stereocenters. The van der Waals surface area contributed by atoms with E-state index >= 15 is 0 Å². The molecule has 0 amide bonds. The number of nitrogens with zero attached hydrogens (tertiary/aromatic N) is 1. The first-order valence-corrected chi connectivity index (χ1v) is 6.95. The van der Waals surface area contributed by atoms with Crippen molar-refractivity contribution in [3.63, 3.8) is 0 Å². The highest BCUT2D eigenvalue weighted by Gasteiger charge is 2.18. The molecule has 1 aliphatic rings. The number of fused-ring (bicyclic) bond motifs is 1. The first-order chi connectivity index (χ1) is 8.36. The second kappa shape index (κ2) is 4.69. The molecule has 0 spiro atoms. The van der Waals surface area contributed by atoms with Gasteiger partial charge in [0.2, 0.25) is 0 Å². The molecule has 2 aromatic rings. The molecule has 0 aliphatic heterocycles. The van der Waals surface area contributed by atoms with Gasteiger partial charge in [0.05, 0.1) is 11.0 Å². The largest absolute Gasteiger partial charge is 0.342 e. The van der Waals surface area contributed by atoms with Gasteiger partial charge in [-0.05, 0) is 30.5 Å². The monoisotopic (exact) mass is 248 g/mol. The van der Waals surface area contributed by atoms with Crippen molar-refractivity contribution >= 4 is 22.6 Å². The van der Waals surface area contributed by atoms with Crippen molar-refractivity contribution in [2.75, 3.05) is 0 Å². The third-order valence-electron chi connectivity index (χ3n) is 3.71. The van der Waals surface area contributed by atoms with E-state index in [0.29, 0.717) is 11.8 Å². The van der Waals surface area contributed by atoms with Crippen LogP contribution in [0.3, 0.4) is 0 Å². The van der Waals surface area contributed by atoms with Gasteiger partial charge in [-0.2, -0.15) is 0 Å². The summed E-state index contributed by atoms with van der Waals surface area (Å²) in [6, 6.07) is 6.23. The molecular formula is C14H17ClN2. The van der Waals surface area contributed by atoms with Crippen LogP contribution in [0.25, 0.3) is 11.0 Å². The number of rotatable bonds is 2. The van der Waals surface area contributed by atoms with E-state index in [1.807, 2.05) is 0 Å². The molecular weight excluding hydrogens is 232 g/mol. The molecule has 0 unspecified atom stereocenters. The van der Waals surface area contributed by atoms with Crippen LogP contribution in [0.2, 0.25) is 0 Å². The fourth-order valence-corrected chi connectivity index (χ4v) is 2.90. The van der Waals surface area contributed by atoms with Gasteiger partial charge in [0.15, 0.2) is 0 Å². The number of hydrogen-bond donors (Lipinski definition) is 1. The van der Waals surface area contributed by atoms with Crippen LogP contribution in [0.1, 0.15) is 49.4 Å². The summed E-state index contributed by atoms with van der Waals surface area (Å²) in [6.07, 6.45) is 6.63. The zero-order chi connectivity index (χ0) is 11.7. The van der Waals surface area contributed by atoms with Crippen molar-refractivity contribution in [3.05, 3.63) is 29.6 Å². The van der Waals surface area contributed by atoms with E-state index < -0.39 is 0 Å². The molecule has 1 fully saturated rings. The lowest BCUT2D eigenvalue weighted by Crippen LogP contribution is -2.05. The van der Waals surface area contributed by atoms with Gasteiger partial charge >= 0.3 is 0 Å². The summed E-state index contributed by atoms with van der Waals surface area (Å²) in [6.45, 7) is 0. The van der Waals surface area contributed by atoms with Gasteiger partial charge in [-0.25, -0.2) is 4.98 Å². The van der Waals surface area contributed by atoms with Gasteiger partial charge in [-0.3, -0.25) is 0 Å². The van der Waals surface area contributed by atoms with Crippen molar-refractivity contribution in [1.82, 2.24) is 9.97 Å². The molecule has 1 saturated carbocycles. The van der Waals surface area contributed by atoms with Crippen molar-refractivity contribution in [2.45, 2.75) is 43.9 Å². The van der Waals surface area contributed by atoms with E-state index in [1.54, 1.807) is 0 Å². The minimum atomic E-state index is 0.563. The van der Waals surface area contributed by atoms with Crippen molar-refractivity contribution in [2.24, 2.45) is 0 Å². The smallest absolute Gasteiger partial charge is 0.110 e. The Kier molecular flexibility index (Phi) is 3.06. The summed E-state index contributed by atoms with van der Waals surface area (Å²) >= 11 is 5.85. The van der Waals surface area contributed by atoms with Crippen LogP contribution in [-0.4, -0.2) is 9.97 Å². The molecule has 2 nitrogen and oxygen atoms in total. The first-order valence-electron chi connectivity index (χ1n) is 6.41. The van der Waals surface area contributed by atoms with Crippen LogP contribution in [0, 0.1) is 0 Å². The van der Waals surface area contributed by atoms with Crippen LogP contribution < -0.4 is 0 Å². The predicted molar refractivity (Wildman–Crippen MR) is 71.5 cm³/mol. The van der Waals surface area contributed by atoms with Gasteiger partial charge in [-0.1, -0.05) is 25.3 Å². The van der Waals surface area contributed by atoms with Crippen molar-refractivity contribution < 1.29 is 0 Å². The van der Waals surface area contributed by atoms with E-state index in [1.165, 1.54) is 37.9 Å². The highest BCUT2D eigenvalue weighted by atomic mass is 35.5. The third-order valence-corrected chi connectivity index (χ3v) is 4.02. The number of hydrogen-bond acceptors (Lipinski definition) is 1. The standard InChI is InChI=1S/C14H17ClN2/c15-9-10-6-7-12-13(8-10)17-14(16-12)11-4-2-1-3-5-11/h6-8,11H,1-5,9H2,(H,16,17). The Morgan fingerprint density at radius 3 is 2.82 bits per heavy atom. The summed E-state index contributed by atoms with van der Waals surface area (Å²) in [7, 11) is 0. The van der Waals surface area contributed by atoms with Crippen LogP contribution >= 0.6 is 11.6 Å². The summed E-state index contributed by atoms with van der Waals surface area (Å²) in [5.41, 5.74) is 3.35. The maximum atomic E-state index is 5.85. The quantitative estimate of drug-likeness (QED) is 0.787. The van der Waals surface area contributed by atoms with Gasteiger partial charge in [-0.15, -0.1) is 11.6 Å². The van der Waals surface area contributed by atoms with Crippen LogP contribution in [0.4, 0.5) is 0 Å². The van der Waals surface area contributed by atoms with E-state index in [-0.39, 0.29) is 0 Å². The first kappa shape index (κ1) is 11.1. The molecule has 1 heterocycles. The Labute approximate surface area is 106 Å². The van der Waals surface area contributed by atoms with Gasteiger partial charge < -0.3 is 4.98 Å². The molecule has 1 aliphatic carbocycles. The highest BCUT2D eigenvalue weighted by Crippen LogP contribution is 2.32. The SMILES string of the molecule is ClCc1ccc2nc(C3CCCCC3)[nH]c2c1. The average molecular weight is 249 g/mol. The zero-order valence-corrected chi connectivity index (χ0v) is 10.6. The Balaban J connectivity index is 1.95. The fraction of sp³-hybridized carbons (Fsp3) is 0.500. The summed E-state index contributed by atoms with van der Waals surface area (Å²) < 4.78 is 0. The second-order valence-corrected chi connectivity index (χ2v) is 5.21. The predicted octanol–water partition coefficient (Wildman–Crippen LogP) is 4.35. The summed E-state index contributed by atoms with van der Waals surface area (Å²) in [5.74, 6) is 2.37. The summed E-state index contributed by atoms with van der Waals surface area (Å²) in [4.78, 5) is 8.18. The Bertz CT molecular complexity index is 512. The number of halogens is 1. The Hall–Kier alpha value is -1.02. The van der Waals surface area contributed by atoms with E-state index in [0.717, 1.165) is 16.6 Å². The van der Waals surface area contributed by atoms with Crippen molar-refractivity contribution in [1.29, 1.82) is 0 Å². The third kappa shape index (κ3) is 2.19. The number of imidazole rings is 1. The molecule has 0 radical (unpaired) electrons. The lowest BCUT2D eigenvalue weighted by molar-refractivity contribution is 0.431. The van der Waals surface area contributed by atoms with Crippen LogP contribution in [0.5, 0.6) is 0 Å². The van der Waals surface area contributed by atoms with E-state index in [4.69, 9.17) is 16.6 Å². The lowest BCUT2D eigenvalue weighted by atomic mass is 9.89. The second-order valence-electron chi connectivity index (χ2n) is 4.94. The molecule has 17 heavy (non-hydrogen) atoms. The molecule has 1 N–H and O–H groups in total. The van der Waals surface area contributed by atoms with E-state index in [2.05, 4.69) is 23.2 Å². The molecule has 90 valence electrons. The fourth-order valence-electron chi connectivity index (χ4n) is 2.73. The van der Waals surface area contributed by atoms with Crippen molar-refractivity contribution in [3.8, 4) is 0 Å². The number of nitrogens with one attached hydrogen (secondary N) is 1. The van der Waals surface area contributed by atoms with Crippen LogP contribution in [-0.2, 0) is 5.88 Å². The van der Waals surface area contributed by atoms with Gasteiger partial charge in [0.1, 0.15) is 5.82 Å². The number of aromatic amines is 1. The number of aromatic nitrogens is 2. The normalized spacial score (nSPS) is 17.7. The zero-order valence-electron chi connectivity index (χ0n) is 9.88. The minimum Gasteiger partial charge on any atom is -0.342 e. The maximum Gasteiger partial charge on any atom is 0.110 e. The number of benzene rings is 1. The minimum absolute atomic E-state index is 0.563. The van der Waals surface area contributed by atoms with Gasteiger partial charge in [0, 0.05) is 11.8 Å².